The van der Waals surface area contributed by atoms with Crippen LogP contribution in [0.5, 0.6) is 0 Å². The van der Waals surface area contributed by atoms with E-state index < -0.39 is 0 Å². The van der Waals surface area contributed by atoms with Crippen LogP contribution in [0.15, 0.2) is 24.3 Å². The Morgan fingerprint density at radius 1 is 1.27 bits per heavy atom. The molecule has 0 atom stereocenters. The lowest BCUT2D eigenvalue weighted by atomic mass is 10.1. The topological polar surface area (TPSA) is 55.1 Å². The third kappa shape index (κ3) is 4.81. The number of aryl methyl sites for hydroxylation is 1. The highest BCUT2D eigenvalue weighted by molar-refractivity contribution is 6.30. The van der Waals surface area contributed by atoms with E-state index in [0.717, 1.165) is 24.3 Å². The largest absolute Gasteiger partial charge is 0.294 e. The van der Waals surface area contributed by atoms with Crippen LogP contribution in [0, 0.1) is 0 Å². The van der Waals surface area contributed by atoms with Crippen molar-refractivity contribution < 1.29 is 4.79 Å². The summed E-state index contributed by atoms with van der Waals surface area (Å²) < 4.78 is 0. The lowest BCUT2D eigenvalue weighted by molar-refractivity contribution is -0.121. The molecule has 0 spiro atoms. The Bertz CT molecular complexity index is 311. The third-order valence-corrected chi connectivity index (χ3v) is 2.45. The smallest absolute Gasteiger partial charge is 0.233 e. The molecule has 1 aromatic carbocycles. The van der Waals surface area contributed by atoms with Crippen LogP contribution >= 0.6 is 11.6 Å². The molecule has 0 heterocycles. The highest BCUT2D eigenvalue weighted by Gasteiger charge is 1.98. The fourth-order valence-electron chi connectivity index (χ4n) is 1.34. The number of unbranched alkanes of at least 4 members (excludes halogenated alkanes) is 1. The summed E-state index contributed by atoms with van der Waals surface area (Å²) in [5.41, 5.74) is 3.36. The van der Waals surface area contributed by atoms with Crippen molar-refractivity contribution in [2.75, 3.05) is 0 Å². The summed E-state index contributed by atoms with van der Waals surface area (Å²) in [6.45, 7) is 0. The molecule has 0 aliphatic carbocycles. The number of nitrogens with two attached hydrogens (primary N) is 1. The quantitative estimate of drug-likeness (QED) is 0.349. The summed E-state index contributed by atoms with van der Waals surface area (Å²) in [5.74, 6) is 4.86. The summed E-state index contributed by atoms with van der Waals surface area (Å²) in [5, 5.41) is 0.751. The Morgan fingerprint density at radius 3 is 2.53 bits per heavy atom. The number of hydrogen-bond acceptors (Lipinski definition) is 2. The molecule has 0 radical (unpaired) electrons. The summed E-state index contributed by atoms with van der Waals surface area (Å²) >= 11 is 5.77. The molecule has 15 heavy (non-hydrogen) atoms. The first-order valence-corrected chi connectivity index (χ1v) is 5.34. The van der Waals surface area contributed by atoms with Crippen LogP contribution in [-0.4, -0.2) is 5.91 Å². The van der Waals surface area contributed by atoms with Gasteiger partial charge >= 0.3 is 0 Å². The molecule has 0 unspecified atom stereocenters. The van der Waals surface area contributed by atoms with Crippen LogP contribution in [0.2, 0.25) is 5.02 Å². The van der Waals surface area contributed by atoms with Crippen LogP contribution in [0.25, 0.3) is 0 Å². The van der Waals surface area contributed by atoms with E-state index in [2.05, 4.69) is 5.43 Å². The normalized spacial score (nSPS) is 10.0. The molecule has 82 valence electrons. The standard InChI is InChI=1S/C11H15ClN2O/c12-10-7-5-9(6-8-10)3-1-2-4-11(15)14-13/h5-8H,1-4,13H2,(H,14,15). The SMILES string of the molecule is NNC(=O)CCCCc1ccc(Cl)cc1. The molecule has 0 saturated heterocycles. The van der Waals surface area contributed by atoms with Crippen LogP contribution in [-0.2, 0) is 11.2 Å². The molecule has 4 heteroatoms. The van der Waals surface area contributed by atoms with Gasteiger partial charge in [-0.25, -0.2) is 5.84 Å². The van der Waals surface area contributed by atoms with Crippen LogP contribution in [0.4, 0.5) is 0 Å². The predicted octanol–water partition coefficient (Wildman–Crippen LogP) is 2.04. The molecular weight excluding hydrogens is 212 g/mol. The van der Waals surface area contributed by atoms with Gasteiger partial charge in [0.05, 0.1) is 0 Å². The van der Waals surface area contributed by atoms with E-state index in [-0.39, 0.29) is 5.91 Å². The van der Waals surface area contributed by atoms with E-state index >= 15 is 0 Å². The fraction of sp³-hybridized carbons (Fsp3) is 0.364. The van der Waals surface area contributed by atoms with Crippen LogP contribution in [0.1, 0.15) is 24.8 Å². The zero-order valence-electron chi connectivity index (χ0n) is 8.50. The van der Waals surface area contributed by atoms with Crippen molar-refractivity contribution >= 4 is 17.5 Å². The summed E-state index contributed by atoms with van der Waals surface area (Å²) in [6.07, 6.45) is 3.29. The average Bonchev–Trinajstić information content (AvgIpc) is 2.26. The highest BCUT2D eigenvalue weighted by atomic mass is 35.5. The Hall–Kier alpha value is -1.06. The monoisotopic (exact) mass is 226 g/mol. The zero-order chi connectivity index (χ0) is 11.1. The number of amides is 1. The molecule has 1 amide bonds. The fourth-order valence-corrected chi connectivity index (χ4v) is 1.46. The Kier molecular flexibility index (Phi) is 5.15. The average molecular weight is 227 g/mol. The van der Waals surface area contributed by atoms with Gasteiger partial charge in [0.15, 0.2) is 0 Å². The summed E-state index contributed by atoms with van der Waals surface area (Å²) in [4.78, 5) is 10.8. The van der Waals surface area contributed by atoms with Gasteiger partial charge in [-0.2, -0.15) is 0 Å². The molecule has 0 bridgehead atoms. The summed E-state index contributed by atoms with van der Waals surface area (Å²) in [7, 11) is 0. The number of halogens is 1. The minimum Gasteiger partial charge on any atom is -0.294 e. The second kappa shape index (κ2) is 6.43. The van der Waals surface area contributed by atoms with Crippen molar-refractivity contribution in [1.29, 1.82) is 0 Å². The van der Waals surface area contributed by atoms with E-state index in [1.54, 1.807) is 0 Å². The third-order valence-electron chi connectivity index (χ3n) is 2.19. The summed E-state index contributed by atoms with van der Waals surface area (Å²) in [6, 6.07) is 7.77. The molecule has 3 nitrogen and oxygen atoms in total. The highest BCUT2D eigenvalue weighted by Crippen LogP contribution is 2.12. The minimum atomic E-state index is -0.105. The molecule has 0 aliphatic heterocycles. The molecule has 1 aromatic rings. The van der Waals surface area contributed by atoms with Crippen molar-refractivity contribution in [3.05, 3.63) is 34.9 Å². The molecule has 3 N–H and O–H groups in total. The first-order valence-electron chi connectivity index (χ1n) is 4.96. The van der Waals surface area contributed by atoms with Crippen LogP contribution < -0.4 is 11.3 Å². The second-order valence-electron chi connectivity index (χ2n) is 3.40. The van der Waals surface area contributed by atoms with E-state index in [9.17, 15) is 4.79 Å². The van der Waals surface area contributed by atoms with Crippen molar-refractivity contribution in [3.63, 3.8) is 0 Å². The number of carbonyl (C=O) groups is 1. The van der Waals surface area contributed by atoms with Gasteiger partial charge in [0, 0.05) is 11.4 Å². The molecule has 0 fully saturated rings. The lowest BCUT2D eigenvalue weighted by Crippen LogP contribution is -2.29. The molecular formula is C11H15ClN2O. The Labute approximate surface area is 94.6 Å². The minimum absolute atomic E-state index is 0.105. The van der Waals surface area contributed by atoms with Gasteiger partial charge in [0.1, 0.15) is 0 Å². The predicted molar refractivity (Wildman–Crippen MR) is 61.3 cm³/mol. The van der Waals surface area contributed by atoms with Gasteiger partial charge in [0.2, 0.25) is 5.91 Å². The number of carbonyl (C=O) groups excluding carboxylic acids is 1. The number of nitrogens with one attached hydrogen (secondary N) is 1. The van der Waals surface area contributed by atoms with Crippen molar-refractivity contribution in [2.24, 2.45) is 5.84 Å². The van der Waals surface area contributed by atoms with E-state index in [0.29, 0.717) is 6.42 Å². The van der Waals surface area contributed by atoms with Gasteiger partial charge in [-0.15, -0.1) is 0 Å². The lowest BCUT2D eigenvalue weighted by Gasteiger charge is -2.01. The zero-order valence-corrected chi connectivity index (χ0v) is 9.26. The maximum atomic E-state index is 10.8. The first-order chi connectivity index (χ1) is 7.22. The van der Waals surface area contributed by atoms with Gasteiger partial charge < -0.3 is 0 Å². The Morgan fingerprint density at radius 2 is 1.93 bits per heavy atom. The van der Waals surface area contributed by atoms with Gasteiger partial charge in [-0.05, 0) is 37.0 Å². The second-order valence-corrected chi connectivity index (χ2v) is 3.84. The van der Waals surface area contributed by atoms with E-state index in [4.69, 9.17) is 17.4 Å². The molecule has 1 rings (SSSR count). The first kappa shape index (κ1) is 12.0. The molecule has 0 aromatic heterocycles. The number of benzene rings is 1. The van der Waals surface area contributed by atoms with E-state index in [1.165, 1.54) is 5.56 Å². The van der Waals surface area contributed by atoms with Crippen molar-refractivity contribution in [1.82, 2.24) is 5.43 Å². The number of hydrogen-bond donors (Lipinski definition) is 2. The molecule has 0 saturated carbocycles. The Balaban J connectivity index is 2.20. The van der Waals surface area contributed by atoms with Crippen molar-refractivity contribution in [3.8, 4) is 0 Å². The van der Waals surface area contributed by atoms with Crippen molar-refractivity contribution in [2.45, 2.75) is 25.7 Å². The van der Waals surface area contributed by atoms with Gasteiger partial charge in [-0.3, -0.25) is 10.2 Å². The van der Waals surface area contributed by atoms with E-state index in [1.807, 2.05) is 24.3 Å². The van der Waals surface area contributed by atoms with Gasteiger partial charge in [-0.1, -0.05) is 23.7 Å². The maximum Gasteiger partial charge on any atom is 0.233 e. The number of rotatable bonds is 5. The number of hydrazine groups is 1. The molecule has 0 aliphatic rings. The van der Waals surface area contributed by atoms with Gasteiger partial charge in [0.25, 0.3) is 0 Å². The maximum absolute atomic E-state index is 10.8. The van der Waals surface area contributed by atoms with Crippen LogP contribution in [0.3, 0.4) is 0 Å².